The maximum absolute atomic E-state index is 13.1. The molecule has 196 valence electrons. The van der Waals surface area contributed by atoms with E-state index in [1.165, 1.54) is 12.6 Å². The minimum atomic E-state index is -3.32. The molecule has 4 rings (SSSR count). The molecule has 1 saturated heterocycles. The average Bonchev–Trinajstić information content (AvgIpc) is 3.40. The van der Waals surface area contributed by atoms with Crippen LogP contribution in [0.25, 0.3) is 0 Å². The lowest BCUT2D eigenvalue weighted by Gasteiger charge is -2.39. The number of imidazole rings is 1. The summed E-state index contributed by atoms with van der Waals surface area (Å²) in [7, 11) is -5.53. The fraction of sp³-hybridized carbons (Fsp3) is 0.542. The van der Waals surface area contributed by atoms with Gasteiger partial charge in [0, 0.05) is 18.2 Å². The van der Waals surface area contributed by atoms with Crippen molar-refractivity contribution >= 4 is 36.2 Å². The number of hydrogen-bond acceptors (Lipinski definition) is 8. The molecule has 10 nitrogen and oxygen atoms in total. The fourth-order valence-electron chi connectivity index (χ4n) is 4.13. The van der Waals surface area contributed by atoms with Gasteiger partial charge in [-0.2, -0.15) is 0 Å². The van der Waals surface area contributed by atoms with Gasteiger partial charge < -0.3 is 24.4 Å². The van der Waals surface area contributed by atoms with E-state index in [9.17, 15) is 13.2 Å². The number of fused-ring (bicyclic) bond motifs is 1. The second-order valence-corrected chi connectivity index (χ2v) is 17.9. The normalized spacial score (nSPS) is 24.6. The number of aromatic nitrogens is 2. The van der Waals surface area contributed by atoms with Crippen molar-refractivity contribution in [2.45, 2.75) is 69.9 Å². The predicted octanol–water partition coefficient (Wildman–Crippen LogP) is 3.36. The van der Waals surface area contributed by atoms with Gasteiger partial charge >= 0.3 is 0 Å². The molecule has 2 aromatic rings. The van der Waals surface area contributed by atoms with Gasteiger partial charge in [-0.15, -0.1) is 0 Å². The number of aromatic amines is 1. The molecule has 2 N–H and O–H groups in total. The van der Waals surface area contributed by atoms with E-state index in [1.54, 1.807) is 35.5 Å². The van der Waals surface area contributed by atoms with Crippen molar-refractivity contribution in [3.05, 3.63) is 47.9 Å². The summed E-state index contributed by atoms with van der Waals surface area (Å²) in [5, 5.41) is 3.00. The van der Waals surface area contributed by atoms with Crippen LogP contribution in [0, 0.1) is 0 Å². The zero-order chi connectivity index (χ0) is 26.3. The van der Waals surface area contributed by atoms with E-state index in [4.69, 9.17) is 9.16 Å². The number of H-pyrrole nitrogens is 1. The predicted molar refractivity (Wildman–Crippen MR) is 140 cm³/mol. The van der Waals surface area contributed by atoms with Crippen molar-refractivity contribution in [3.63, 3.8) is 0 Å². The quantitative estimate of drug-likeness (QED) is 0.523. The first-order valence-electron chi connectivity index (χ1n) is 12.0. The van der Waals surface area contributed by atoms with Gasteiger partial charge in [-0.25, -0.2) is 18.4 Å². The van der Waals surface area contributed by atoms with Crippen LogP contribution in [-0.4, -0.2) is 74.3 Å². The summed E-state index contributed by atoms with van der Waals surface area (Å²) >= 11 is 0. The molecule has 0 saturated carbocycles. The molecule has 0 spiro atoms. The third-order valence-electron chi connectivity index (χ3n) is 7.07. The van der Waals surface area contributed by atoms with Crippen LogP contribution in [-0.2, 0) is 19.0 Å². The Labute approximate surface area is 213 Å². The van der Waals surface area contributed by atoms with Gasteiger partial charge in [0.05, 0.1) is 30.6 Å². The topological polar surface area (TPSA) is 126 Å². The maximum Gasteiger partial charge on any atom is 0.253 e. The molecule has 4 unspecified atom stereocenters. The number of benzene rings is 1. The van der Waals surface area contributed by atoms with E-state index in [0.717, 1.165) is 0 Å². The van der Waals surface area contributed by atoms with E-state index in [-0.39, 0.29) is 16.7 Å². The van der Waals surface area contributed by atoms with E-state index in [0.29, 0.717) is 23.5 Å². The Morgan fingerprint density at radius 3 is 2.61 bits per heavy atom. The van der Waals surface area contributed by atoms with Gasteiger partial charge in [0.15, 0.2) is 14.1 Å². The van der Waals surface area contributed by atoms with Gasteiger partial charge in [-0.05, 0) is 30.3 Å². The van der Waals surface area contributed by atoms with Crippen LogP contribution in [0.1, 0.15) is 49.4 Å². The van der Waals surface area contributed by atoms with Crippen molar-refractivity contribution in [1.29, 1.82) is 0 Å². The summed E-state index contributed by atoms with van der Waals surface area (Å²) in [6, 6.07) is 8.92. The Kier molecular flexibility index (Phi) is 7.17. The highest BCUT2D eigenvalue weighted by Crippen LogP contribution is 2.41. The van der Waals surface area contributed by atoms with Gasteiger partial charge in [-0.1, -0.05) is 39.0 Å². The lowest BCUT2D eigenvalue weighted by molar-refractivity contribution is -0.0415. The maximum atomic E-state index is 13.1. The van der Waals surface area contributed by atoms with Crippen molar-refractivity contribution in [2.24, 2.45) is 4.99 Å². The minimum Gasteiger partial charge on any atom is -0.411 e. The number of amides is 1. The molecule has 2 aliphatic rings. The highest BCUT2D eigenvalue weighted by molar-refractivity contribution is 7.90. The highest BCUT2D eigenvalue weighted by Gasteiger charge is 2.48. The molecule has 0 aliphatic carbocycles. The molecule has 36 heavy (non-hydrogen) atoms. The summed E-state index contributed by atoms with van der Waals surface area (Å²) in [6.07, 6.45) is 2.51. The Bertz CT molecular complexity index is 1230. The number of hydrogen-bond donors (Lipinski definition) is 2. The van der Waals surface area contributed by atoms with Gasteiger partial charge in [-0.3, -0.25) is 4.79 Å². The zero-order valence-electron chi connectivity index (χ0n) is 21.6. The first kappa shape index (κ1) is 26.5. The molecule has 1 aromatic carbocycles. The molecular weight excluding hydrogens is 498 g/mol. The summed E-state index contributed by atoms with van der Waals surface area (Å²) in [5.74, 6) is 0.0648. The van der Waals surface area contributed by atoms with Gasteiger partial charge in [0.25, 0.3) is 5.91 Å². The number of carbonyl (C=O) groups excluding carboxylic acids is 1. The number of rotatable bonds is 7. The zero-order valence-corrected chi connectivity index (χ0v) is 23.4. The van der Waals surface area contributed by atoms with Crippen LogP contribution in [0.3, 0.4) is 0 Å². The van der Waals surface area contributed by atoms with Crippen LogP contribution < -0.4 is 5.32 Å². The Morgan fingerprint density at radius 1 is 1.28 bits per heavy atom. The molecule has 1 aromatic heterocycles. The molecular formula is C24H35N5O5SSi. The molecule has 12 heteroatoms. The van der Waals surface area contributed by atoms with Crippen LogP contribution in [0.15, 0.2) is 41.7 Å². The Balaban J connectivity index is 1.62. The van der Waals surface area contributed by atoms with Crippen molar-refractivity contribution < 1.29 is 22.4 Å². The third kappa shape index (κ3) is 5.71. The second-order valence-electron chi connectivity index (χ2n) is 10.9. The minimum absolute atomic E-state index is 0.0513. The van der Waals surface area contributed by atoms with Crippen molar-refractivity contribution in [2.75, 3.05) is 12.0 Å². The summed E-state index contributed by atoms with van der Waals surface area (Å²) in [6.45, 7) is 10.7. The van der Waals surface area contributed by atoms with Crippen LogP contribution in [0.2, 0.25) is 18.1 Å². The first-order chi connectivity index (χ1) is 16.7. The fourth-order valence-corrected chi connectivity index (χ4v) is 6.38. The number of aliphatic imine (C=N–C) groups is 1. The SMILES string of the molecule is CC(C)(C)[Si](C)(C)OC1CC(N2C=Nc3nc[nH]c3C2NC(=O)c2ccccc2)OC1CS(C)(=O)=O. The van der Waals surface area contributed by atoms with Gasteiger partial charge in [0.1, 0.15) is 27.9 Å². The third-order valence-corrected chi connectivity index (χ3v) is 12.5. The molecule has 0 bridgehead atoms. The van der Waals surface area contributed by atoms with E-state index in [2.05, 4.69) is 54.1 Å². The standard InChI is InChI=1S/C24H35N5O5SSi/c1-24(2,3)36(5,6)34-17-12-19(33-18(17)13-35(4,31)32)29-15-27-21-20(25-14-26-21)22(29)28-23(30)16-10-8-7-9-11-16/h7-11,14-15,17-19,22H,12-13H2,1-6H3,(H,25,26)(H,28,30). The molecule has 1 amide bonds. The molecule has 1 fully saturated rings. The number of nitrogens with one attached hydrogen (secondary N) is 2. The largest absolute Gasteiger partial charge is 0.411 e. The van der Waals surface area contributed by atoms with E-state index < -0.39 is 42.8 Å². The van der Waals surface area contributed by atoms with Crippen LogP contribution >= 0.6 is 0 Å². The number of ether oxygens (including phenoxy) is 1. The summed E-state index contributed by atoms with van der Waals surface area (Å²) in [5.41, 5.74) is 1.14. The lowest BCUT2D eigenvalue weighted by Crippen LogP contribution is -2.47. The highest BCUT2D eigenvalue weighted by atomic mass is 32.2. The molecule has 0 radical (unpaired) electrons. The molecule has 2 aliphatic heterocycles. The van der Waals surface area contributed by atoms with Gasteiger partial charge in [0.2, 0.25) is 0 Å². The van der Waals surface area contributed by atoms with E-state index >= 15 is 0 Å². The average molecular weight is 534 g/mol. The number of carbonyl (C=O) groups is 1. The summed E-state index contributed by atoms with van der Waals surface area (Å²) in [4.78, 5) is 26.6. The van der Waals surface area contributed by atoms with Crippen LogP contribution in [0.5, 0.6) is 0 Å². The van der Waals surface area contributed by atoms with E-state index in [1.807, 2.05) is 6.07 Å². The Morgan fingerprint density at radius 2 is 1.97 bits per heavy atom. The molecule has 3 heterocycles. The monoisotopic (exact) mass is 533 g/mol. The smallest absolute Gasteiger partial charge is 0.253 e. The molecule has 4 atom stereocenters. The van der Waals surface area contributed by atoms with Crippen LogP contribution in [0.4, 0.5) is 5.82 Å². The Hall–Kier alpha value is -2.54. The number of sulfone groups is 1. The summed E-state index contributed by atoms with van der Waals surface area (Å²) < 4.78 is 37.5. The van der Waals surface area contributed by atoms with Crippen molar-refractivity contribution in [3.8, 4) is 0 Å². The second kappa shape index (κ2) is 9.73. The van der Waals surface area contributed by atoms with Crippen molar-refractivity contribution in [1.82, 2.24) is 20.2 Å². The lowest BCUT2D eigenvalue weighted by atomic mass is 10.1. The first-order valence-corrected chi connectivity index (χ1v) is 16.9. The number of nitrogens with zero attached hydrogens (tertiary/aromatic N) is 3.